The summed E-state index contributed by atoms with van der Waals surface area (Å²) in [6.45, 7) is -0.361. The van der Waals surface area contributed by atoms with Crippen LogP contribution in [0.25, 0.3) is 0 Å². The summed E-state index contributed by atoms with van der Waals surface area (Å²) < 4.78 is 28.3. The highest BCUT2D eigenvalue weighted by Crippen LogP contribution is 2.23. The number of nitrogens with one attached hydrogen (secondary N) is 1. The van der Waals surface area contributed by atoms with Gasteiger partial charge in [0, 0.05) is 21.1 Å². The molecule has 3 aromatic rings. The van der Waals surface area contributed by atoms with E-state index < -0.39 is 15.9 Å². The van der Waals surface area contributed by atoms with Crippen LogP contribution in [0.4, 0.5) is 5.69 Å². The van der Waals surface area contributed by atoms with Crippen molar-refractivity contribution in [2.75, 3.05) is 11.9 Å². The van der Waals surface area contributed by atoms with Crippen molar-refractivity contribution in [3.8, 4) is 0 Å². The molecule has 0 aliphatic rings. The molecule has 0 aliphatic carbocycles. The molecular weight excluding hydrogens is 511 g/mol. The smallest absolute Gasteiger partial charge is 0.243 e. The summed E-state index contributed by atoms with van der Waals surface area (Å²) in [4.78, 5) is 12.7. The van der Waals surface area contributed by atoms with Crippen LogP contribution in [0.15, 0.2) is 82.2 Å². The number of carbonyl (C=O) groups excluding carboxylic acids is 1. The number of nitrogens with zero attached hydrogens (tertiary/aromatic N) is 1. The van der Waals surface area contributed by atoms with Gasteiger partial charge in [-0.2, -0.15) is 4.31 Å². The lowest BCUT2D eigenvalue weighted by Crippen LogP contribution is -2.37. The van der Waals surface area contributed by atoms with Gasteiger partial charge in [-0.15, -0.1) is 0 Å². The molecule has 5 nitrogen and oxygen atoms in total. The van der Waals surface area contributed by atoms with Crippen LogP contribution < -0.4 is 5.32 Å². The van der Waals surface area contributed by atoms with Gasteiger partial charge in [-0.3, -0.25) is 4.79 Å². The molecule has 156 valence electrons. The standard InChI is InChI=1S/C21H17BrCl2N2O3S/c22-19-3-1-2-4-20(19)25-21(27)14-26(13-15-5-7-16(23)8-6-15)30(28,29)18-11-9-17(24)10-12-18/h1-12H,13-14H2,(H,25,27). The van der Waals surface area contributed by atoms with E-state index >= 15 is 0 Å². The Morgan fingerprint density at radius 2 is 1.47 bits per heavy atom. The lowest BCUT2D eigenvalue weighted by atomic mass is 10.2. The zero-order valence-electron chi connectivity index (χ0n) is 15.6. The Morgan fingerprint density at radius 1 is 0.900 bits per heavy atom. The summed E-state index contributed by atoms with van der Waals surface area (Å²) in [5.74, 6) is -0.464. The highest BCUT2D eigenvalue weighted by Gasteiger charge is 2.27. The lowest BCUT2D eigenvalue weighted by molar-refractivity contribution is -0.116. The van der Waals surface area contributed by atoms with Crippen LogP contribution in [0.3, 0.4) is 0 Å². The van der Waals surface area contributed by atoms with Gasteiger partial charge in [0.15, 0.2) is 0 Å². The van der Waals surface area contributed by atoms with E-state index in [1.807, 2.05) is 6.07 Å². The van der Waals surface area contributed by atoms with E-state index in [0.29, 0.717) is 25.8 Å². The molecule has 3 rings (SSSR count). The predicted molar refractivity (Wildman–Crippen MR) is 123 cm³/mol. The normalized spacial score (nSPS) is 11.5. The third-order valence-corrected chi connectivity index (χ3v) is 7.19. The summed E-state index contributed by atoms with van der Waals surface area (Å²) in [5.41, 5.74) is 1.25. The zero-order valence-corrected chi connectivity index (χ0v) is 19.5. The van der Waals surface area contributed by atoms with Crippen LogP contribution in [0.5, 0.6) is 0 Å². The molecule has 0 radical (unpaired) electrons. The first-order valence-electron chi connectivity index (χ1n) is 8.80. The average Bonchev–Trinajstić information content (AvgIpc) is 2.71. The van der Waals surface area contributed by atoms with Gasteiger partial charge in [0.2, 0.25) is 15.9 Å². The van der Waals surface area contributed by atoms with E-state index in [0.717, 1.165) is 4.31 Å². The van der Waals surface area contributed by atoms with Crippen molar-refractivity contribution >= 4 is 60.7 Å². The number of rotatable bonds is 7. The average molecular weight is 528 g/mol. The summed E-state index contributed by atoms with van der Waals surface area (Å²) >= 11 is 15.2. The fourth-order valence-corrected chi connectivity index (χ4v) is 4.71. The van der Waals surface area contributed by atoms with E-state index in [1.165, 1.54) is 24.3 Å². The van der Waals surface area contributed by atoms with Crippen LogP contribution in [0.1, 0.15) is 5.56 Å². The number of hydrogen-bond acceptors (Lipinski definition) is 3. The number of para-hydroxylation sites is 1. The number of hydrogen-bond donors (Lipinski definition) is 1. The first-order valence-corrected chi connectivity index (χ1v) is 11.8. The molecule has 3 aromatic carbocycles. The molecule has 0 unspecified atom stereocenters. The second-order valence-electron chi connectivity index (χ2n) is 6.38. The maximum absolute atomic E-state index is 13.2. The lowest BCUT2D eigenvalue weighted by Gasteiger charge is -2.22. The van der Waals surface area contributed by atoms with E-state index in [4.69, 9.17) is 23.2 Å². The first-order chi connectivity index (χ1) is 14.3. The molecule has 0 aromatic heterocycles. The fraction of sp³-hybridized carbons (Fsp3) is 0.0952. The second-order valence-corrected chi connectivity index (χ2v) is 10.0. The Kier molecular flexibility index (Phi) is 7.55. The highest BCUT2D eigenvalue weighted by molar-refractivity contribution is 9.10. The number of amides is 1. The quantitative estimate of drug-likeness (QED) is 0.435. The topological polar surface area (TPSA) is 66.5 Å². The molecule has 0 aliphatic heterocycles. The summed E-state index contributed by atoms with van der Waals surface area (Å²) in [5, 5.41) is 3.69. The minimum absolute atomic E-state index is 0.00546. The molecule has 1 amide bonds. The van der Waals surface area contributed by atoms with Crippen LogP contribution in [0, 0.1) is 0 Å². The van der Waals surface area contributed by atoms with Crippen molar-refractivity contribution < 1.29 is 13.2 Å². The fourth-order valence-electron chi connectivity index (χ4n) is 2.69. The Balaban J connectivity index is 1.88. The summed E-state index contributed by atoms with van der Waals surface area (Å²) in [6.07, 6.45) is 0. The van der Waals surface area contributed by atoms with Crippen molar-refractivity contribution in [1.82, 2.24) is 4.31 Å². The van der Waals surface area contributed by atoms with Gasteiger partial charge in [-0.05, 0) is 70.0 Å². The maximum atomic E-state index is 13.2. The third kappa shape index (κ3) is 5.83. The molecule has 1 N–H and O–H groups in total. The minimum Gasteiger partial charge on any atom is -0.324 e. The Labute approximate surface area is 193 Å². The summed E-state index contributed by atoms with van der Waals surface area (Å²) in [6, 6.07) is 19.7. The van der Waals surface area contributed by atoms with Crippen LogP contribution in [-0.2, 0) is 21.4 Å². The van der Waals surface area contributed by atoms with E-state index in [2.05, 4.69) is 21.2 Å². The molecule has 0 atom stereocenters. The van der Waals surface area contributed by atoms with E-state index in [9.17, 15) is 13.2 Å². The van der Waals surface area contributed by atoms with Crippen molar-refractivity contribution in [3.63, 3.8) is 0 Å². The highest BCUT2D eigenvalue weighted by atomic mass is 79.9. The summed E-state index contributed by atoms with van der Waals surface area (Å²) in [7, 11) is -3.95. The van der Waals surface area contributed by atoms with Crippen LogP contribution in [-0.4, -0.2) is 25.2 Å². The number of benzene rings is 3. The van der Waals surface area contributed by atoms with Gasteiger partial charge < -0.3 is 5.32 Å². The van der Waals surface area contributed by atoms with Crippen molar-refractivity contribution in [3.05, 3.63) is 92.9 Å². The van der Waals surface area contributed by atoms with E-state index in [-0.39, 0.29) is 18.0 Å². The largest absolute Gasteiger partial charge is 0.324 e. The Hall–Kier alpha value is -1.90. The zero-order chi connectivity index (χ0) is 21.7. The van der Waals surface area contributed by atoms with Crippen molar-refractivity contribution in [2.45, 2.75) is 11.4 Å². The maximum Gasteiger partial charge on any atom is 0.243 e. The molecule has 0 saturated carbocycles. The van der Waals surface area contributed by atoms with Gasteiger partial charge in [-0.25, -0.2) is 8.42 Å². The van der Waals surface area contributed by atoms with Crippen molar-refractivity contribution in [1.29, 1.82) is 0 Å². The number of sulfonamides is 1. The molecule has 0 fully saturated rings. The van der Waals surface area contributed by atoms with E-state index in [1.54, 1.807) is 42.5 Å². The van der Waals surface area contributed by atoms with Gasteiger partial charge in [0.05, 0.1) is 17.1 Å². The minimum atomic E-state index is -3.95. The molecule has 0 saturated heterocycles. The Morgan fingerprint density at radius 3 is 2.07 bits per heavy atom. The predicted octanol–water partition coefficient (Wildman–Crippen LogP) is 5.59. The second kappa shape index (κ2) is 9.94. The SMILES string of the molecule is O=C(CN(Cc1ccc(Cl)cc1)S(=O)(=O)c1ccc(Cl)cc1)Nc1ccccc1Br. The molecule has 0 heterocycles. The van der Waals surface area contributed by atoms with Crippen molar-refractivity contribution in [2.24, 2.45) is 0 Å². The molecule has 9 heteroatoms. The molecular formula is C21H17BrCl2N2O3S. The Bertz CT molecular complexity index is 1140. The van der Waals surface area contributed by atoms with Gasteiger partial charge in [0.1, 0.15) is 0 Å². The van der Waals surface area contributed by atoms with Crippen LogP contribution >= 0.6 is 39.1 Å². The molecule has 0 bridgehead atoms. The molecule has 0 spiro atoms. The van der Waals surface area contributed by atoms with Gasteiger partial charge >= 0.3 is 0 Å². The number of anilines is 1. The number of halogens is 3. The monoisotopic (exact) mass is 526 g/mol. The van der Waals surface area contributed by atoms with Crippen LogP contribution in [0.2, 0.25) is 10.0 Å². The molecule has 30 heavy (non-hydrogen) atoms. The third-order valence-electron chi connectivity index (χ3n) is 4.19. The first kappa shape index (κ1) is 22.8. The van der Waals surface area contributed by atoms with Gasteiger partial charge in [-0.1, -0.05) is 47.5 Å². The van der Waals surface area contributed by atoms with Gasteiger partial charge in [0.25, 0.3) is 0 Å². The number of carbonyl (C=O) groups is 1.